The van der Waals surface area contributed by atoms with Crippen LogP contribution in [-0.2, 0) is 0 Å². The summed E-state index contributed by atoms with van der Waals surface area (Å²) in [6, 6.07) is 6.02. The largest absolute Gasteiger partial charge is 0.397 e. The Morgan fingerprint density at radius 1 is 1.20 bits per heavy atom. The van der Waals surface area contributed by atoms with E-state index in [1.54, 1.807) is 0 Å². The van der Waals surface area contributed by atoms with Crippen molar-refractivity contribution < 1.29 is 0 Å². The number of aryl methyl sites for hydroxylation is 2. The minimum absolute atomic E-state index is 0.777. The fourth-order valence-corrected chi connectivity index (χ4v) is 1.50. The van der Waals surface area contributed by atoms with E-state index < -0.39 is 0 Å². The number of rotatable bonds is 2. The van der Waals surface area contributed by atoms with Crippen molar-refractivity contribution >= 4 is 17.1 Å². The van der Waals surface area contributed by atoms with Crippen molar-refractivity contribution in [1.82, 2.24) is 4.98 Å². The standard InChI is InChI=1S/C12H15N3/c1-8-5-11(13)12(6-9(8)2)15-10-3-4-14-7-10/h3-7,14-15H,13H2,1-2H3. The third-order valence-electron chi connectivity index (χ3n) is 2.54. The molecule has 0 bridgehead atoms. The zero-order valence-corrected chi connectivity index (χ0v) is 8.96. The second kappa shape index (κ2) is 3.69. The Kier molecular flexibility index (Phi) is 2.37. The lowest BCUT2D eigenvalue weighted by Crippen LogP contribution is -1.97. The molecule has 2 aromatic rings. The number of nitrogen functional groups attached to an aromatic ring is 1. The second-order valence-corrected chi connectivity index (χ2v) is 3.75. The number of benzene rings is 1. The molecular weight excluding hydrogens is 186 g/mol. The summed E-state index contributed by atoms with van der Waals surface area (Å²) in [5, 5.41) is 3.26. The number of nitrogens with two attached hydrogens (primary N) is 1. The highest BCUT2D eigenvalue weighted by atomic mass is 14.9. The monoisotopic (exact) mass is 201 g/mol. The molecule has 0 radical (unpaired) electrons. The van der Waals surface area contributed by atoms with Crippen LogP contribution in [0.2, 0.25) is 0 Å². The number of nitrogens with one attached hydrogen (secondary N) is 2. The molecule has 1 aromatic heterocycles. The van der Waals surface area contributed by atoms with Gasteiger partial charge in [0.1, 0.15) is 0 Å². The summed E-state index contributed by atoms with van der Waals surface area (Å²) in [4.78, 5) is 2.99. The van der Waals surface area contributed by atoms with Crippen LogP contribution in [0, 0.1) is 13.8 Å². The second-order valence-electron chi connectivity index (χ2n) is 3.75. The molecule has 0 spiro atoms. The Morgan fingerprint density at radius 3 is 2.60 bits per heavy atom. The topological polar surface area (TPSA) is 53.8 Å². The van der Waals surface area contributed by atoms with Gasteiger partial charge in [0.25, 0.3) is 0 Å². The summed E-state index contributed by atoms with van der Waals surface area (Å²) in [6.07, 6.45) is 3.77. The van der Waals surface area contributed by atoms with Gasteiger partial charge in [-0.25, -0.2) is 0 Å². The van der Waals surface area contributed by atoms with Gasteiger partial charge in [-0.2, -0.15) is 0 Å². The van der Waals surface area contributed by atoms with Gasteiger partial charge in [0.05, 0.1) is 17.1 Å². The van der Waals surface area contributed by atoms with Crippen LogP contribution in [-0.4, -0.2) is 4.98 Å². The number of hydrogen-bond acceptors (Lipinski definition) is 2. The Bertz CT molecular complexity index is 458. The van der Waals surface area contributed by atoms with E-state index in [-0.39, 0.29) is 0 Å². The zero-order chi connectivity index (χ0) is 10.8. The van der Waals surface area contributed by atoms with Crippen molar-refractivity contribution in [2.24, 2.45) is 0 Å². The van der Waals surface area contributed by atoms with Crippen LogP contribution in [0.3, 0.4) is 0 Å². The first-order chi connectivity index (χ1) is 7.16. The molecule has 0 fully saturated rings. The molecule has 1 aromatic carbocycles. The van der Waals surface area contributed by atoms with Crippen molar-refractivity contribution in [1.29, 1.82) is 0 Å². The maximum Gasteiger partial charge on any atom is 0.0621 e. The van der Waals surface area contributed by atoms with Crippen molar-refractivity contribution in [3.8, 4) is 0 Å². The van der Waals surface area contributed by atoms with E-state index in [2.05, 4.69) is 30.2 Å². The van der Waals surface area contributed by atoms with Crippen LogP contribution >= 0.6 is 0 Å². The summed E-state index contributed by atoms with van der Waals surface area (Å²) >= 11 is 0. The molecule has 15 heavy (non-hydrogen) atoms. The van der Waals surface area contributed by atoms with Crippen LogP contribution in [0.15, 0.2) is 30.6 Å². The number of hydrogen-bond donors (Lipinski definition) is 3. The average molecular weight is 201 g/mol. The molecule has 0 amide bonds. The van der Waals surface area contributed by atoms with E-state index in [1.165, 1.54) is 11.1 Å². The van der Waals surface area contributed by atoms with Gasteiger partial charge in [-0.3, -0.25) is 0 Å². The zero-order valence-electron chi connectivity index (χ0n) is 8.96. The molecule has 0 saturated carbocycles. The Labute approximate surface area is 89.3 Å². The van der Waals surface area contributed by atoms with E-state index in [0.717, 1.165) is 17.1 Å². The molecule has 0 aliphatic heterocycles. The van der Waals surface area contributed by atoms with Gasteiger partial charge in [-0.15, -0.1) is 0 Å². The number of anilines is 3. The van der Waals surface area contributed by atoms with Crippen LogP contribution in [0.4, 0.5) is 17.1 Å². The highest BCUT2D eigenvalue weighted by molar-refractivity contribution is 5.73. The maximum atomic E-state index is 5.93. The molecule has 0 unspecified atom stereocenters. The lowest BCUT2D eigenvalue weighted by atomic mass is 10.1. The summed E-state index contributed by atoms with van der Waals surface area (Å²) in [5.74, 6) is 0. The van der Waals surface area contributed by atoms with Crippen molar-refractivity contribution in [2.45, 2.75) is 13.8 Å². The maximum absolute atomic E-state index is 5.93. The van der Waals surface area contributed by atoms with Gasteiger partial charge in [-0.05, 0) is 43.2 Å². The SMILES string of the molecule is Cc1cc(N)c(Nc2cc[nH]c2)cc1C. The smallest absolute Gasteiger partial charge is 0.0621 e. The normalized spacial score (nSPS) is 10.3. The summed E-state index contributed by atoms with van der Waals surface area (Å²) < 4.78 is 0. The molecule has 0 saturated heterocycles. The Morgan fingerprint density at radius 2 is 1.93 bits per heavy atom. The fourth-order valence-electron chi connectivity index (χ4n) is 1.50. The van der Waals surface area contributed by atoms with E-state index in [9.17, 15) is 0 Å². The van der Waals surface area contributed by atoms with Gasteiger partial charge in [0, 0.05) is 12.4 Å². The summed E-state index contributed by atoms with van der Waals surface area (Å²) in [5.41, 5.74) is 11.1. The van der Waals surface area contributed by atoms with Crippen molar-refractivity contribution in [3.63, 3.8) is 0 Å². The minimum Gasteiger partial charge on any atom is -0.397 e. The van der Waals surface area contributed by atoms with Gasteiger partial charge < -0.3 is 16.0 Å². The minimum atomic E-state index is 0.777. The van der Waals surface area contributed by atoms with Crippen LogP contribution in [0.25, 0.3) is 0 Å². The third-order valence-corrected chi connectivity index (χ3v) is 2.54. The quantitative estimate of drug-likeness (QED) is 0.654. The van der Waals surface area contributed by atoms with E-state index >= 15 is 0 Å². The predicted octanol–water partition coefficient (Wildman–Crippen LogP) is 2.96. The van der Waals surface area contributed by atoms with Gasteiger partial charge >= 0.3 is 0 Å². The van der Waals surface area contributed by atoms with Crippen molar-refractivity contribution in [3.05, 3.63) is 41.7 Å². The summed E-state index contributed by atoms with van der Waals surface area (Å²) in [6.45, 7) is 4.14. The molecule has 3 heteroatoms. The average Bonchev–Trinajstić information content (AvgIpc) is 2.67. The van der Waals surface area contributed by atoms with Gasteiger partial charge in [-0.1, -0.05) is 0 Å². The highest BCUT2D eigenvalue weighted by Crippen LogP contribution is 2.26. The lowest BCUT2D eigenvalue weighted by molar-refractivity contribution is 1.34. The van der Waals surface area contributed by atoms with Crippen molar-refractivity contribution in [2.75, 3.05) is 11.1 Å². The fraction of sp³-hybridized carbons (Fsp3) is 0.167. The van der Waals surface area contributed by atoms with E-state index in [0.29, 0.717) is 0 Å². The molecule has 3 nitrogen and oxygen atoms in total. The molecule has 0 aliphatic carbocycles. The van der Waals surface area contributed by atoms with Crippen LogP contribution < -0.4 is 11.1 Å². The Hall–Kier alpha value is -1.90. The third kappa shape index (κ3) is 1.96. The van der Waals surface area contributed by atoms with Crippen LogP contribution in [0.1, 0.15) is 11.1 Å². The Balaban J connectivity index is 2.33. The highest BCUT2D eigenvalue weighted by Gasteiger charge is 2.02. The summed E-state index contributed by atoms with van der Waals surface area (Å²) in [7, 11) is 0. The molecule has 78 valence electrons. The van der Waals surface area contributed by atoms with Gasteiger partial charge in [0.2, 0.25) is 0 Å². The molecule has 2 rings (SSSR count). The van der Waals surface area contributed by atoms with E-state index in [1.807, 2.05) is 24.5 Å². The molecule has 0 atom stereocenters. The molecule has 1 heterocycles. The van der Waals surface area contributed by atoms with Crippen LogP contribution in [0.5, 0.6) is 0 Å². The first-order valence-electron chi connectivity index (χ1n) is 4.93. The first-order valence-corrected chi connectivity index (χ1v) is 4.93. The van der Waals surface area contributed by atoms with Gasteiger partial charge in [0.15, 0.2) is 0 Å². The van der Waals surface area contributed by atoms with E-state index in [4.69, 9.17) is 5.73 Å². The number of aromatic amines is 1. The predicted molar refractivity (Wildman–Crippen MR) is 64.4 cm³/mol. The number of H-pyrrole nitrogens is 1. The molecule has 0 aliphatic rings. The molecular formula is C12H15N3. The number of aromatic nitrogens is 1. The lowest BCUT2D eigenvalue weighted by Gasteiger charge is -2.10. The first kappa shape index (κ1) is 9.65. The molecule has 4 N–H and O–H groups in total.